The van der Waals surface area contributed by atoms with Crippen molar-refractivity contribution in [2.75, 3.05) is 13.3 Å². The van der Waals surface area contributed by atoms with Gasteiger partial charge < -0.3 is 24.9 Å². The summed E-state index contributed by atoms with van der Waals surface area (Å²) >= 11 is 0. The first-order valence-electron chi connectivity index (χ1n) is 14.9. The predicted molar refractivity (Wildman–Crippen MR) is 164 cm³/mol. The van der Waals surface area contributed by atoms with Crippen LogP contribution in [-0.4, -0.2) is 42.1 Å². The number of benzene rings is 2. The molecule has 0 bridgehead atoms. The zero-order chi connectivity index (χ0) is 31.9. The molecule has 11 heteroatoms. The Bertz CT molecular complexity index is 1390. The number of carboxylic acid groups (broad SMARTS) is 1. The molecule has 0 saturated carbocycles. The van der Waals surface area contributed by atoms with Crippen LogP contribution in [0.25, 0.3) is 11.3 Å². The normalized spacial score (nSPS) is 12.2. The minimum Gasteiger partial charge on any atom is -0.493 e. The first kappa shape index (κ1) is 33.9. The Labute approximate surface area is 257 Å². The molecule has 236 valence electrons. The molecule has 11 nitrogen and oxygen atoms in total. The average Bonchev–Trinajstić information content (AvgIpc) is 3.52. The van der Waals surface area contributed by atoms with E-state index in [9.17, 15) is 24.3 Å². The van der Waals surface area contributed by atoms with Crippen molar-refractivity contribution in [3.63, 3.8) is 0 Å². The Morgan fingerprint density at radius 3 is 2.34 bits per heavy atom. The summed E-state index contributed by atoms with van der Waals surface area (Å²) in [5.74, 6) is -3.04. The lowest BCUT2D eigenvalue weighted by atomic mass is 9.84. The quantitative estimate of drug-likeness (QED) is 0.0860. The standard InChI is InChI=1S/C33H41N3O8/c1-4-7-9-14-25(24(5-2)31(38)36-43-20-22-12-10-8-11-13-22)30(37)34-21-35-32(39)28-18-17-27(44-28)23-15-16-26(33(40)41)29(19-23)42-6-3/h8,10-13,15-19,24-25H,4-7,9,14,20-21H2,1-3H3,(H,34,37)(H,35,39)(H,36,38)(H,40,41)/t24-,25-/m1/s1. The van der Waals surface area contributed by atoms with Crippen LogP contribution >= 0.6 is 0 Å². The maximum Gasteiger partial charge on any atom is 0.339 e. The van der Waals surface area contributed by atoms with Crippen molar-refractivity contribution in [1.29, 1.82) is 0 Å². The third-order valence-electron chi connectivity index (χ3n) is 7.11. The lowest BCUT2D eigenvalue weighted by Gasteiger charge is -2.24. The Hall–Kier alpha value is -4.64. The summed E-state index contributed by atoms with van der Waals surface area (Å²) in [6, 6.07) is 17.0. The van der Waals surface area contributed by atoms with Crippen molar-refractivity contribution in [3.8, 4) is 17.1 Å². The molecular formula is C33H41N3O8. The number of unbranched alkanes of at least 4 members (excludes halogenated alkanes) is 2. The first-order chi connectivity index (χ1) is 21.3. The lowest BCUT2D eigenvalue weighted by molar-refractivity contribution is -0.144. The number of rotatable bonds is 18. The molecule has 0 spiro atoms. The van der Waals surface area contributed by atoms with Crippen molar-refractivity contribution < 1.29 is 38.3 Å². The maximum absolute atomic E-state index is 13.2. The van der Waals surface area contributed by atoms with E-state index in [2.05, 4.69) is 23.0 Å². The molecular weight excluding hydrogens is 566 g/mol. The van der Waals surface area contributed by atoms with Crippen LogP contribution in [-0.2, 0) is 21.0 Å². The molecule has 0 unspecified atom stereocenters. The molecule has 3 amide bonds. The first-order valence-corrected chi connectivity index (χ1v) is 14.9. The second kappa shape index (κ2) is 17.5. The van der Waals surface area contributed by atoms with Crippen molar-refractivity contribution >= 4 is 23.7 Å². The number of furan rings is 1. The molecule has 0 fully saturated rings. The Morgan fingerprint density at radius 2 is 1.66 bits per heavy atom. The van der Waals surface area contributed by atoms with Crippen LogP contribution in [0.4, 0.5) is 0 Å². The highest BCUT2D eigenvalue weighted by molar-refractivity contribution is 5.93. The van der Waals surface area contributed by atoms with Gasteiger partial charge in [-0.3, -0.25) is 19.2 Å². The molecule has 1 heterocycles. The number of ether oxygens (including phenoxy) is 1. The average molecular weight is 608 g/mol. The van der Waals surface area contributed by atoms with Gasteiger partial charge in [0.15, 0.2) is 5.76 Å². The van der Waals surface area contributed by atoms with Gasteiger partial charge in [-0.2, -0.15) is 0 Å². The molecule has 1 aromatic heterocycles. The van der Waals surface area contributed by atoms with E-state index >= 15 is 0 Å². The number of carboxylic acids is 1. The van der Waals surface area contributed by atoms with E-state index in [1.54, 1.807) is 25.1 Å². The fourth-order valence-corrected chi connectivity index (χ4v) is 4.79. The molecule has 2 aromatic carbocycles. The lowest BCUT2D eigenvalue weighted by Crippen LogP contribution is -2.45. The minimum absolute atomic E-state index is 0.00962. The van der Waals surface area contributed by atoms with E-state index in [4.69, 9.17) is 14.0 Å². The monoisotopic (exact) mass is 607 g/mol. The number of nitrogens with one attached hydrogen (secondary N) is 3. The highest BCUT2D eigenvalue weighted by atomic mass is 16.6. The number of hydrogen-bond acceptors (Lipinski definition) is 7. The van der Waals surface area contributed by atoms with Crippen molar-refractivity contribution in [2.45, 2.75) is 59.5 Å². The smallest absolute Gasteiger partial charge is 0.339 e. The predicted octanol–water partition coefficient (Wildman–Crippen LogP) is 5.32. The molecule has 0 aliphatic rings. The van der Waals surface area contributed by atoms with Crippen LogP contribution in [0.3, 0.4) is 0 Å². The van der Waals surface area contributed by atoms with E-state index in [1.165, 1.54) is 12.1 Å². The fourth-order valence-electron chi connectivity index (χ4n) is 4.79. The van der Waals surface area contributed by atoms with Crippen molar-refractivity contribution in [2.24, 2.45) is 11.8 Å². The summed E-state index contributed by atoms with van der Waals surface area (Å²) in [4.78, 5) is 55.9. The van der Waals surface area contributed by atoms with Crippen LogP contribution < -0.4 is 20.9 Å². The van der Waals surface area contributed by atoms with Gasteiger partial charge >= 0.3 is 5.97 Å². The summed E-state index contributed by atoms with van der Waals surface area (Å²) in [5.41, 5.74) is 3.97. The summed E-state index contributed by atoms with van der Waals surface area (Å²) in [5, 5.41) is 14.7. The highest BCUT2D eigenvalue weighted by Crippen LogP contribution is 2.29. The van der Waals surface area contributed by atoms with E-state index < -0.39 is 23.7 Å². The van der Waals surface area contributed by atoms with Gasteiger partial charge in [-0.05, 0) is 49.6 Å². The number of hydrogen-bond donors (Lipinski definition) is 4. The molecule has 0 saturated heterocycles. The second-order valence-corrected chi connectivity index (χ2v) is 10.2. The van der Waals surface area contributed by atoms with Crippen LogP contribution in [0.15, 0.2) is 65.1 Å². The highest BCUT2D eigenvalue weighted by Gasteiger charge is 2.32. The van der Waals surface area contributed by atoms with E-state index in [0.29, 0.717) is 24.2 Å². The van der Waals surface area contributed by atoms with Crippen LogP contribution in [0.5, 0.6) is 5.75 Å². The third-order valence-corrected chi connectivity index (χ3v) is 7.11. The second-order valence-electron chi connectivity index (χ2n) is 10.2. The number of carbonyl (C=O) groups excluding carboxylic acids is 3. The van der Waals surface area contributed by atoms with Gasteiger partial charge in [0.2, 0.25) is 11.8 Å². The Kier molecular flexibility index (Phi) is 13.4. The SMILES string of the molecule is CCCCC[C@@H](C(=O)NCNC(=O)c1ccc(-c2ccc(C(=O)O)c(OCC)c2)o1)[C@@H](CC)C(=O)NOCc1ccccc1. The van der Waals surface area contributed by atoms with Gasteiger partial charge in [0.05, 0.1) is 25.8 Å². The molecule has 0 aliphatic carbocycles. The number of aromatic carboxylic acids is 1. The molecule has 3 aromatic rings. The summed E-state index contributed by atoms with van der Waals surface area (Å²) in [7, 11) is 0. The molecule has 3 rings (SSSR count). The third kappa shape index (κ3) is 9.70. The molecule has 0 aliphatic heterocycles. The van der Waals surface area contributed by atoms with Gasteiger partial charge in [0, 0.05) is 11.5 Å². The Morgan fingerprint density at radius 1 is 0.886 bits per heavy atom. The van der Waals surface area contributed by atoms with E-state index in [-0.39, 0.29) is 48.8 Å². The summed E-state index contributed by atoms with van der Waals surface area (Å²) < 4.78 is 11.1. The van der Waals surface area contributed by atoms with E-state index in [0.717, 1.165) is 24.8 Å². The van der Waals surface area contributed by atoms with Crippen LogP contribution in [0, 0.1) is 11.8 Å². The maximum atomic E-state index is 13.2. The van der Waals surface area contributed by atoms with Gasteiger partial charge in [0.25, 0.3) is 5.91 Å². The van der Waals surface area contributed by atoms with Gasteiger partial charge in [-0.1, -0.05) is 69.5 Å². The van der Waals surface area contributed by atoms with Gasteiger partial charge in [-0.15, -0.1) is 0 Å². The summed E-state index contributed by atoms with van der Waals surface area (Å²) in [6.45, 7) is 5.99. The molecule has 0 radical (unpaired) electrons. The zero-order valence-electron chi connectivity index (χ0n) is 25.4. The summed E-state index contributed by atoms with van der Waals surface area (Å²) in [6.07, 6.45) is 3.63. The Balaban J connectivity index is 1.59. The molecule has 2 atom stereocenters. The van der Waals surface area contributed by atoms with Gasteiger partial charge in [-0.25, -0.2) is 10.3 Å². The number of amides is 3. The topological polar surface area (TPSA) is 156 Å². The van der Waals surface area contributed by atoms with Crippen LogP contribution in [0.1, 0.15) is 79.4 Å². The van der Waals surface area contributed by atoms with Gasteiger partial charge in [0.1, 0.15) is 17.1 Å². The largest absolute Gasteiger partial charge is 0.493 e. The number of hydroxylamine groups is 1. The molecule has 44 heavy (non-hydrogen) atoms. The molecule has 4 N–H and O–H groups in total. The zero-order valence-corrected chi connectivity index (χ0v) is 25.4. The fraction of sp³-hybridized carbons (Fsp3) is 0.394. The van der Waals surface area contributed by atoms with Crippen molar-refractivity contribution in [1.82, 2.24) is 16.1 Å². The van der Waals surface area contributed by atoms with Crippen LogP contribution in [0.2, 0.25) is 0 Å². The van der Waals surface area contributed by atoms with Crippen molar-refractivity contribution in [3.05, 3.63) is 77.6 Å². The minimum atomic E-state index is -1.11. The number of carbonyl (C=O) groups is 4. The van der Waals surface area contributed by atoms with E-state index in [1.807, 2.05) is 37.3 Å².